The summed E-state index contributed by atoms with van der Waals surface area (Å²) in [7, 11) is 0. The number of thiazole rings is 1. The molecule has 128 valence electrons. The summed E-state index contributed by atoms with van der Waals surface area (Å²) >= 11 is 4.99. The predicted molar refractivity (Wildman–Crippen MR) is 108 cm³/mol. The topological polar surface area (TPSA) is 34.4 Å². The Kier molecular flexibility index (Phi) is 3.80. The predicted octanol–water partition coefficient (Wildman–Crippen LogP) is 5.74. The fraction of sp³-hybridized carbons (Fsp3) is 0.143. The van der Waals surface area contributed by atoms with Crippen LogP contribution in [0.5, 0.6) is 0 Å². The third-order valence-corrected chi connectivity index (χ3v) is 6.62. The molecule has 26 heavy (non-hydrogen) atoms. The van der Waals surface area contributed by atoms with Crippen molar-refractivity contribution in [1.82, 2.24) is 9.38 Å². The molecule has 4 aromatic rings. The maximum absolute atomic E-state index is 12.7. The van der Waals surface area contributed by atoms with Gasteiger partial charge in [-0.3, -0.25) is 9.20 Å². The molecular formula is C21H15BrN2OS. The fourth-order valence-electron chi connectivity index (χ4n) is 3.64. The Morgan fingerprint density at radius 3 is 2.58 bits per heavy atom. The van der Waals surface area contributed by atoms with Gasteiger partial charge in [0.05, 0.1) is 10.6 Å². The highest BCUT2D eigenvalue weighted by molar-refractivity contribution is 9.10. The van der Waals surface area contributed by atoms with E-state index in [1.165, 1.54) is 16.9 Å². The van der Waals surface area contributed by atoms with Crippen LogP contribution in [0.25, 0.3) is 16.2 Å². The van der Waals surface area contributed by atoms with Crippen molar-refractivity contribution in [1.29, 1.82) is 0 Å². The molecule has 1 aliphatic carbocycles. The Morgan fingerprint density at radius 1 is 1.04 bits per heavy atom. The molecule has 3 nitrogen and oxygen atoms in total. The molecule has 0 radical (unpaired) electrons. The Hall–Kier alpha value is -2.24. The van der Waals surface area contributed by atoms with E-state index in [1.807, 2.05) is 30.3 Å². The van der Waals surface area contributed by atoms with Crippen molar-refractivity contribution in [2.75, 3.05) is 0 Å². The first-order valence-corrected chi connectivity index (χ1v) is 10.1. The summed E-state index contributed by atoms with van der Waals surface area (Å²) in [4.78, 5) is 19.2. The molecule has 2 aromatic heterocycles. The van der Waals surface area contributed by atoms with E-state index in [0.717, 1.165) is 37.7 Å². The summed E-state index contributed by atoms with van der Waals surface area (Å²) in [6.45, 7) is 0. The van der Waals surface area contributed by atoms with Crippen LogP contribution in [0.2, 0.25) is 0 Å². The Bertz CT molecular complexity index is 1110. The molecular weight excluding hydrogens is 408 g/mol. The standard InChI is InChI=1S/C21H15BrN2OS/c22-16-8-6-14(7-9-16)17-12-24-18-10-15(13-4-2-1-3-5-13)11-19(25)20(18)26-21(24)23-17/h1-9,12,15H,10-11H2/t15-/m0/s1. The van der Waals surface area contributed by atoms with E-state index in [2.05, 4.69) is 50.8 Å². The minimum atomic E-state index is 0.237. The summed E-state index contributed by atoms with van der Waals surface area (Å²) in [5.74, 6) is 0.480. The molecule has 0 bridgehead atoms. The third kappa shape index (κ3) is 2.63. The van der Waals surface area contributed by atoms with Crippen LogP contribution in [0.15, 0.2) is 65.3 Å². The molecule has 5 heteroatoms. The van der Waals surface area contributed by atoms with Crippen molar-refractivity contribution in [3.8, 4) is 11.3 Å². The first kappa shape index (κ1) is 16.0. The number of hydrogen-bond donors (Lipinski definition) is 0. The molecule has 0 unspecified atom stereocenters. The summed E-state index contributed by atoms with van der Waals surface area (Å²) < 4.78 is 3.17. The van der Waals surface area contributed by atoms with Crippen molar-refractivity contribution in [2.24, 2.45) is 0 Å². The first-order chi connectivity index (χ1) is 12.7. The number of benzene rings is 2. The van der Waals surface area contributed by atoms with Gasteiger partial charge in [-0.05, 0) is 30.0 Å². The summed E-state index contributed by atoms with van der Waals surface area (Å²) in [6.07, 6.45) is 3.52. The van der Waals surface area contributed by atoms with Crippen molar-refractivity contribution in [3.63, 3.8) is 0 Å². The normalized spacial score (nSPS) is 16.8. The zero-order valence-electron chi connectivity index (χ0n) is 13.9. The molecule has 0 saturated heterocycles. The van der Waals surface area contributed by atoms with Gasteiger partial charge in [0.2, 0.25) is 0 Å². The van der Waals surface area contributed by atoms with Crippen molar-refractivity contribution >= 4 is 38.0 Å². The number of carbonyl (C=O) groups is 1. The highest BCUT2D eigenvalue weighted by atomic mass is 79.9. The lowest BCUT2D eigenvalue weighted by atomic mass is 9.84. The Morgan fingerprint density at radius 2 is 1.81 bits per heavy atom. The van der Waals surface area contributed by atoms with Gasteiger partial charge in [-0.15, -0.1) is 0 Å². The molecule has 5 rings (SSSR count). The number of Topliss-reactive ketones (excluding diaryl/α,β-unsaturated/α-hetero) is 1. The summed E-state index contributed by atoms with van der Waals surface area (Å²) in [6, 6.07) is 18.5. The molecule has 0 spiro atoms. The van der Waals surface area contributed by atoms with Crippen LogP contribution >= 0.6 is 27.3 Å². The number of fused-ring (bicyclic) bond motifs is 3. The minimum absolute atomic E-state index is 0.237. The molecule has 0 amide bonds. The van der Waals surface area contributed by atoms with E-state index in [-0.39, 0.29) is 11.7 Å². The third-order valence-electron chi connectivity index (χ3n) is 4.96. The van der Waals surface area contributed by atoms with Crippen LogP contribution in [0.1, 0.15) is 33.3 Å². The first-order valence-electron chi connectivity index (χ1n) is 8.54. The van der Waals surface area contributed by atoms with Gasteiger partial charge in [0, 0.05) is 28.3 Å². The van der Waals surface area contributed by atoms with Crippen LogP contribution in [-0.2, 0) is 6.42 Å². The number of rotatable bonds is 2. The van der Waals surface area contributed by atoms with Crippen molar-refractivity contribution in [3.05, 3.63) is 81.4 Å². The molecule has 1 atom stereocenters. The number of carbonyl (C=O) groups excluding carboxylic acids is 1. The smallest absolute Gasteiger partial charge is 0.195 e. The highest BCUT2D eigenvalue weighted by Crippen LogP contribution is 2.38. The van der Waals surface area contributed by atoms with Crippen LogP contribution in [0, 0.1) is 0 Å². The van der Waals surface area contributed by atoms with E-state index in [4.69, 9.17) is 4.98 Å². The largest absolute Gasteiger partial charge is 0.293 e. The lowest BCUT2D eigenvalue weighted by Crippen LogP contribution is -2.18. The van der Waals surface area contributed by atoms with E-state index in [1.54, 1.807) is 0 Å². The van der Waals surface area contributed by atoms with Gasteiger partial charge in [-0.25, -0.2) is 4.98 Å². The van der Waals surface area contributed by atoms with E-state index in [0.29, 0.717) is 6.42 Å². The number of ketones is 1. The van der Waals surface area contributed by atoms with Gasteiger partial charge in [-0.1, -0.05) is 69.7 Å². The molecule has 0 N–H and O–H groups in total. The lowest BCUT2D eigenvalue weighted by Gasteiger charge is -2.21. The Labute approximate surface area is 163 Å². The van der Waals surface area contributed by atoms with Crippen LogP contribution in [0.3, 0.4) is 0 Å². The maximum Gasteiger partial charge on any atom is 0.195 e. The number of nitrogens with zero attached hydrogens (tertiary/aromatic N) is 2. The van der Waals surface area contributed by atoms with Crippen molar-refractivity contribution < 1.29 is 4.79 Å². The molecule has 2 heterocycles. The fourth-order valence-corrected chi connectivity index (χ4v) is 4.99. The second kappa shape index (κ2) is 6.18. The van der Waals surface area contributed by atoms with Crippen LogP contribution in [-0.4, -0.2) is 15.2 Å². The number of halogens is 1. The monoisotopic (exact) mass is 422 g/mol. The van der Waals surface area contributed by atoms with Gasteiger partial charge in [0.1, 0.15) is 0 Å². The van der Waals surface area contributed by atoms with E-state index in [9.17, 15) is 4.79 Å². The zero-order valence-corrected chi connectivity index (χ0v) is 16.3. The zero-order chi connectivity index (χ0) is 17.7. The quantitative estimate of drug-likeness (QED) is 0.412. The summed E-state index contributed by atoms with van der Waals surface area (Å²) in [5, 5.41) is 0. The van der Waals surface area contributed by atoms with Gasteiger partial charge < -0.3 is 0 Å². The lowest BCUT2D eigenvalue weighted by molar-refractivity contribution is 0.0967. The van der Waals surface area contributed by atoms with Gasteiger partial charge in [-0.2, -0.15) is 0 Å². The SMILES string of the molecule is O=C1C[C@@H](c2ccccc2)Cc2c1sc1nc(-c3ccc(Br)cc3)cn21. The maximum atomic E-state index is 12.7. The van der Waals surface area contributed by atoms with Gasteiger partial charge in [0.15, 0.2) is 10.7 Å². The number of hydrogen-bond acceptors (Lipinski definition) is 3. The van der Waals surface area contributed by atoms with Crippen LogP contribution in [0.4, 0.5) is 0 Å². The number of imidazole rings is 1. The highest BCUT2D eigenvalue weighted by Gasteiger charge is 2.30. The van der Waals surface area contributed by atoms with E-state index >= 15 is 0 Å². The average molecular weight is 423 g/mol. The van der Waals surface area contributed by atoms with Crippen molar-refractivity contribution in [2.45, 2.75) is 18.8 Å². The molecule has 2 aromatic carbocycles. The molecule has 0 saturated carbocycles. The molecule has 0 fully saturated rings. The summed E-state index contributed by atoms with van der Waals surface area (Å²) in [5.41, 5.74) is 4.37. The molecule has 0 aliphatic heterocycles. The minimum Gasteiger partial charge on any atom is -0.293 e. The van der Waals surface area contributed by atoms with Gasteiger partial charge >= 0.3 is 0 Å². The second-order valence-corrected chi connectivity index (χ2v) is 8.50. The van der Waals surface area contributed by atoms with E-state index < -0.39 is 0 Å². The average Bonchev–Trinajstić information content (AvgIpc) is 3.22. The Balaban J connectivity index is 1.58. The number of aromatic nitrogens is 2. The van der Waals surface area contributed by atoms with Crippen LogP contribution < -0.4 is 0 Å². The second-order valence-electron chi connectivity index (χ2n) is 6.60. The molecule has 1 aliphatic rings. The van der Waals surface area contributed by atoms with Gasteiger partial charge in [0.25, 0.3) is 0 Å².